The lowest BCUT2D eigenvalue weighted by molar-refractivity contribution is -0.917. The predicted molar refractivity (Wildman–Crippen MR) is 104 cm³/mol. The molecule has 1 N–H and O–H groups in total. The van der Waals surface area contributed by atoms with Gasteiger partial charge in [-0.25, -0.2) is 0 Å². The number of nitrogens with one attached hydrogen (secondary N) is 1. The molecule has 0 saturated heterocycles. The number of benzene rings is 2. The average Bonchev–Trinajstić information content (AvgIpc) is 2.86. The molecule has 4 nitrogen and oxygen atoms in total. The molecule has 0 bridgehead atoms. The van der Waals surface area contributed by atoms with E-state index in [1.54, 1.807) is 0 Å². The van der Waals surface area contributed by atoms with Gasteiger partial charge in [-0.2, -0.15) is 4.68 Å². The van der Waals surface area contributed by atoms with E-state index in [0.717, 1.165) is 17.9 Å². The first kappa shape index (κ1) is 17.9. The zero-order valence-corrected chi connectivity index (χ0v) is 16.2. The third-order valence-electron chi connectivity index (χ3n) is 4.32. The molecule has 1 atom stereocenters. The number of rotatable bonds is 5. The third kappa shape index (κ3) is 4.00. The van der Waals surface area contributed by atoms with E-state index in [-0.39, 0.29) is 0 Å². The van der Waals surface area contributed by atoms with Gasteiger partial charge in [-0.1, -0.05) is 35.9 Å². The van der Waals surface area contributed by atoms with E-state index < -0.39 is 0 Å². The molecule has 0 amide bonds. The molecule has 0 fully saturated rings. The molecule has 130 valence electrons. The summed E-state index contributed by atoms with van der Waals surface area (Å²) in [5.74, 6) is 0.852. The Labute approximate surface area is 158 Å². The number of nitrogens with zero attached hydrogens (tertiary/aromatic N) is 3. The molecule has 1 aromatic heterocycles. The average molecular weight is 374 g/mol. The number of halogens is 1. The van der Waals surface area contributed by atoms with Gasteiger partial charge in [0.25, 0.3) is 0 Å². The molecule has 0 saturated carbocycles. The highest BCUT2D eigenvalue weighted by Gasteiger charge is 2.13. The number of hydrogen-bond acceptors (Lipinski definition) is 2. The van der Waals surface area contributed by atoms with Crippen molar-refractivity contribution in [3.05, 3.63) is 69.5 Å². The van der Waals surface area contributed by atoms with Crippen LogP contribution < -0.4 is 4.90 Å². The number of aryl methyl sites for hydroxylation is 1. The van der Waals surface area contributed by atoms with Crippen molar-refractivity contribution in [2.24, 2.45) is 7.05 Å². The SMILES string of the molecule is Cc1ccccc1C[NH+](C)Cn1nc(-c2ccc(Cl)cc2)n(C)c1=S. The summed E-state index contributed by atoms with van der Waals surface area (Å²) in [6.45, 7) is 3.80. The van der Waals surface area contributed by atoms with E-state index in [4.69, 9.17) is 28.9 Å². The number of aromatic nitrogens is 3. The molecular formula is C19H22ClN4S+. The fraction of sp³-hybridized carbons (Fsp3) is 0.263. The molecule has 0 radical (unpaired) electrons. The van der Waals surface area contributed by atoms with E-state index >= 15 is 0 Å². The van der Waals surface area contributed by atoms with Gasteiger partial charge in [0.1, 0.15) is 6.54 Å². The second-order valence-corrected chi connectivity index (χ2v) is 7.19. The van der Waals surface area contributed by atoms with Gasteiger partial charge in [0.15, 0.2) is 12.5 Å². The molecule has 6 heteroatoms. The maximum atomic E-state index is 5.98. The molecule has 0 aliphatic heterocycles. The van der Waals surface area contributed by atoms with Crippen LogP contribution in [-0.4, -0.2) is 21.4 Å². The van der Waals surface area contributed by atoms with Crippen LogP contribution >= 0.6 is 23.8 Å². The Morgan fingerprint density at radius 2 is 1.80 bits per heavy atom. The minimum Gasteiger partial charge on any atom is -0.315 e. The van der Waals surface area contributed by atoms with Crippen LogP contribution in [0.15, 0.2) is 48.5 Å². The van der Waals surface area contributed by atoms with E-state index in [9.17, 15) is 0 Å². The number of quaternary nitrogens is 1. The molecule has 3 rings (SSSR count). The fourth-order valence-electron chi connectivity index (χ4n) is 2.89. The highest BCUT2D eigenvalue weighted by Crippen LogP contribution is 2.19. The van der Waals surface area contributed by atoms with Gasteiger partial charge in [-0.15, -0.1) is 5.10 Å². The van der Waals surface area contributed by atoms with E-state index in [1.165, 1.54) is 16.0 Å². The molecule has 25 heavy (non-hydrogen) atoms. The highest BCUT2D eigenvalue weighted by atomic mass is 35.5. The zero-order chi connectivity index (χ0) is 18.0. The van der Waals surface area contributed by atoms with Crippen LogP contribution in [0.25, 0.3) is 11.4 Å². The largest absolute Gasteiger partial charge is 0.315 e. The van der Waals surface area contributed by atoms with Gasteiger partial charge in [0.05, 0.1) is 7.05 Å². The standard InChI is InChI=1S/C19H21ClN4S/c1-14-6-4-5-7-16(14)12-22(2)13-24-19(25)23(3)18(21-24)15-8-10-17(20)11-9-15/h4-11H,12-13H2,1-3H3/p+1. The Morgan fingerprint density at radius 1 is 1.12 bits per heavy atom. The van der Waals surface area contributed by atoms with Crippen molar-refractivity contribution in [1.82, 2.24) is 14.3 Å². The highest BCUT2D eigenvalue weighted by molar-refractivity contribution is 7.71. The smallest absolute Gasteiger partial charge is 0.202 e. The molecule has 0 spiro atoms. The zero-order valence-electron chi connectivity index (χ0n) is 14.7. The predicted octanol–water partition coefficient (Wildman–Crippen LogP) is 3.25. The maximum Gasteiger partial charge on any atom is 0.202 e. The summed E-state index contributed by atoms with van der Waals surface area (Å²) in [7, 11) is 4.11. The summed E-state index contributed by atoms with van der Waals surface area (Å²) in [6.07, 6.45) is 0. The summed E-state index contributed by atoms with van der Waals surface area (Å²) < 4.78 is 4.56. The summed E-state index contributed by atoms with van der Waals surface area (Å²) in [5, 5.41) is 5.44. The lowest BCUT2D eigenvalue weighted by Crippen LogP contribution is -3.07. The Kier molecular flexibility index (Phi) is 5.37. The summed E-state index contributed by atoms with van der Waals surface area (Å²) in [4.78, 5) is 1.33. The van der Waals surface area contributed by atoms with Gasteiger partial charge < -0.3 is 9.47 Å². The van der Waals surface area contributed by atoms with Crippen LogP contribution in [0.5, 0.6) is 0 Å². The second kappa shape index (κ2) is 7.52. The van der Waals surface area contributed by atoms with Gasteiger partial charge >= 0.3 is 0 Å². The summed E-state index contributed by atoms with van der Waals surface area (Å²) >= 11 is 11.6. The van der Waals surface area contributed by atoms with E-state index in [1.807, 2.05) is 40.6 Å². The Bertz CT molecular complexity index is 927. The molecule has 1 heterocycles. The fourth-order valence-corrected chi connectivity index (χ4v) is 3.20. The van der Waals surface area contributed by atoms with E-state index in [0.29, 0.717) is 16.5 Å². The van der Waals surface area contributed by atoms with Crippen LogP contribution in [0, 0.1) is 11.7 Å². The Balaban J connectivity index is 1.81. The first-order valence-electron chi connectivity index (χ1n) is 8.21. The third-order valence-corrected chi connectivity index (χ3v) is 5.05. The van der Waals surface area contributed by atoms with Crippen molar-refractivity contribution in [3.63, 3.8) is 0 Å². The number of hydrogen-bond donors (Lipinski definition) is 1. The topological polar surface area (TPSA) is 27.2 Å². The lowest BCUT2D eigenvalue weighted by atomic mass is 10.1. The second-order valence-electron chi connectivity index (χ2n) is 6.39. The van der Waals surface area contributed by atoms with Crippen LogP contribution in [0.1, 0.15) is 11.1 Å². The molecular weight excluding hydrogens is 352 g/mol. The van der Waals surface area contributed by atoms with Crippen LogP contribution in [-0.2, 0) is 20.3 Å². The van der Waals surface area contributed by atoms with Crippen LogP contribution in [0.3, 0.4) is 0 Å². The first-order valence-corrected chi connectivity index (χ1v) is 9.00. The Hall–Kier alpha value is -1.95. The van der Waals surface area contributed by atoms with E-state index in [2.05, 4.69) is 38.2 Å². The molecule has 0 aliphatic rings. The minimum absolute atomic E-state index is 0.715. The lowest BCUT2D eigenvalue weighted by Gasteiger charge is -2.15. The quantitative estimate of drug-likeness (QED) is 0.695. The van der Waals surface area contributed by atoms with Crippen molar-refractivity contribution in [1.29, 1.82) is 0 Å². The van der Waals surface area contributed by atoms with Crippen molar-refractivity contribution >= 4 is 23.8 Å². The van der Waals surface area contributed by atoms with Gasteiger partial charge in [0, 0.05) is 23.2 Å². The van der Waals surface area contributed by atoms with Crippen LogP contribution in [0.4, 0.5) is 0 Å². The monoisotopic (exact) mass is 373 g/mol. The normalized spacial score (nSPS) is 12.3. The van der Waals surface area contributed by atoms with Gasteiger partial charge in [-0.3, -0.25) is 0 Å². The van der Waals surface area contributed by atoms with Crippen molar-refractivity contribution in [2.45, 2.75) is 20.1 Å². The Morgan fingerprint density at radius 3 is 2.48 bits per heavy atom. The minimum atomic E-state index is 0.715. The molecule has 3 aromatic rings. The summed E-state index contributed by atoms with van der Waals surface area (Å²) in [5.41, 5.74) is 3.67. The first-order chi connectivity index (χ1) is 12.0. The van der Waals surface area contributed by atoms with Gasteiger partial charge in [-0.05, 0) is 49.0 Å². The van der Waals surface area contributed by atoms with Crippen molar-refractivity contribution in [2.75, 3.05) is 7.05 Å². The summed E-state index contributed by atoms with van der Waals surface area (Å²) in [6, 6.07) is 16.1. The van der Waals surface area contributed by atoms with Gasteiger partial charge in [0.2, 0.25) is 4.77 Å². The molecule has 1 unspecified atom stereocenters. The molecule has 2 aromatic carbocycles. The van der Waals surface area contributed by atoms with Crippen molar-refractivity contribution < 1.29 is 4.90 Å². The van der Waals surface area contributed by atoms with Crippen LogP contribution in [0.2, 0.25) is 5.02 Å². The molecule has 0 aliphatic carbocycles. The maximum absolute atomic E-state index is 5.98. The van der Waals surface area contributed by atoms with Crippen molar-refractivity contribution in [3.8, 4) is 11.4 Å².